The topological polar surface area (TPSA) is 219 Å². The van der Waals surface area contributed by atoms with E-state index in [2.05, 4.69) is 32.4 Å². The second kappa shape index (κ2) is 19.8. The molecule has 0 spiro atoms. The summed E-state index contributed by atoms with van der Waals surface area (Å²) < 4.78 is 10.8. The Balaban J connectivity index is 0.00000364. The average Bonchev–Trinajstić information content (AvgIpc) is 3.81. The average molecular weight is 801 g/mol. The predicted molar refractivity (Wildman–Crippen MR) is 204 cm³/mol. The number of aromatic amines is 1. The van der Waals surface area contributed by atoms with E-state index in [1.807, 2.05) is 29.6 Å². The predicted octanol–water partition coefficient (Wildman–Crippen LogP) is 5.71. The van der Waals surface area contributed by atoms with Crippen LogP contribution in [0.1, 0.15) is 29.4 Å². The first-order valence-electron chi connectivity index (χ1n) is 15.1. The molecule has 270 valence electrons. The van der Waals surface area contributed by atoms with E-state index in [-0.39, 0.29) is 61.3 Å². The molecule has 0 radical (unpaired) electrons. The Morgan fingerprint density at radius 3 is 2.35 bits per heavy atom. The molecule has 5 aromatic rings. The second-order valence-electron chi connectivity index (χ2n) is 10.8. The Morgan fingerprint density at radius 1 is 1.02 bits per heavy atom. The number of pyridine rings is 1. The monoisotopic (exact) mass is 799 g/mol. The summed E-state index contributed by atoms with van der Waals surface area (Å²) in [6.45, 7) is 1.83. The van der Waals surface area contributed by atoms with Crippen LogP contribution in [0.4, 0.5) is 5.82 Å². The zero-order chi connectivity index (χ0) is 35.6. The number of aromatic nitrogens is 4. The molecular formula is C34H32Cl3N9O4S2. The molecule has 3 heterocycles. The van der Waals surface area contributed by atoms with Gasteiger partial charge in [0.1, 0.15) is 58.0 Å². The van der Waals surface area contributed by atoms with E-state index >= 15 is 0 Å². The molecule has 6 N–H and O–H groups in total. The third kappa shape index (κ3) is 10.7. The summed E-state index contributed by atoms with van der Waals surface area (Å²) in [7, 11) is 0. The van der Waals surface area contributed by atoms with Crippen molar-refractivity contribution in [3.8, 4) is 39.6 Å². The summed E-state index contributed by atoms with van der Waals surface area (Å²) in [5.74, 6) is -0.655. The van der Waals surface area contributed by atoms with Crippen molar-refractivity contribution in [3.05, 3.63) is 94.0 Å². The number of ether oxygens (including phenoxy) is 2. The van der Waals surface area contributed by atoms with Gasteiger partial charge in [-0.05, 0) is 36.8 Å². The number of carbonyl (C=O) groups excluding carboxylic acids is 2. The largest absolute Gasteiger partial charge is 0.492 e. The first-order valence-corrected chi connectivity index (χ1v) is 17.3. The zero-order valence-electron chi connectivity index (χ0n) is 27.4. The van der Waals surface area contributed by atoms with Gasteiger partial charge in [-0.3, -0.25) is 0 Å². The second-order valence-corrected chi connectivity index (χ2v) is 13.0. The molecule has 5 rings (SSSR count). The van der Waals surface area contributed by atoms with Crippen LogP contribution in [0.25, 0.3) is 21.7 Å². The molecule has 0 unspecified atom stereocenters. The fraction of sp³-hybridized carbons (Fsp3) is 0.206. The number of nitrogens with two attached hydrogens (primary N) is 2. The van der Waals surface area contributed by atoms with Crippen molar-refractivity contribution in [2.75, 3.05) is 18.9 Å². The van der Waals surface area contributed by atoms with Gasteiger partial charge in [0.25, 0.3) is 0 Å². The van der Waals surface area contributed by atoms with Gasteiger partial charge in [0, 0.05) is 46.4 Å². The van der Waals surface area contributed by atoms with Crippen LogP contribution in [0.2, 0.25) is 5.02 Å². The summed E-state index contributed by atoms with van der Waals surface area (Å²) >= 11 is 8.82. The summed E-state index contributed by atoms with van der Waals surface area (Å²) in [5, 5.41) is 27.0. The lowest BCUT2D eigenvalue weighted by Gasteiger charge is -2.17. The maximum absolute atomic E-state index is 12.6. The maximum Gasteiger partial charge on any atom is 0.331 e. The van der Waals surface area contributed by atoms with Gasteiger partial charge < -0.3 is 31.2 Å². The van der Waals surface area contributed by atoms with Crippen LogP contribution in [0.5, 0.6) is 5.75 Å². The van der Waals surface area contributed by atoms with Crippen molar-refractivity contribution in [3.63, 3.8) is 0 Å². The van der Waals surface area contributed by atoms with Gasteiger partial charge in [-0.25, -0.2) is 24.5 Å². The lowest BCUT2D eigenvalue weighted by molar-refractivity contribution is -0.161. The molecule has 0 aliphatic heterocycles. The molecule has 2 atom stereocenters. The molecule has 18 heteroatoms. The van der Waals surface area contributed by atoms with Crippen LogP contribution >= 0.6 is 59.5 Å². The normalized spacial score (nSPS) is 11.6. The van der Waals surface area contributed by atoms with Crippen LogP contribution in [-0.4, -0.2) is 57.1 Å². The Kier molecular flexibility index (Phi) is 15.9. The summed E-state index contributed by atoms with van der Waals surface area (Å²) in [5.41, 5.74) is 15.4. The third-order valence-corrected chi connectivity index (χ3v) is 9.35. The van der Waals surface area contributed by atoms with Crippen LogP contribution in [-0.2, 0) is 26.5 Å². The van der Waals surface area contributed by atoms with Crippen LogP contribution in [0, 0.1) is 22.7 Å². The molecule has 2 aromatic carbocycles. The molecule has 0 bridgehead atoms. The van der Waals surface area contributed by atoms with Crippen LogP contribution in [0.15, 0.2) is 71.5 Å². The quantitative estimate of drug-likeness (QED) is 0.0459. The molecule has 0 saturated heterocycles. The van der Waals surface area contributed by atoms with E-state index in [1.165, 1.54) is 36.3 Å². The molecule has 13 nitrogen and oxygen atoms in total. The third-order valence-electron chi connectivity index (χ3n) is 7.15. The number of anilines is 1. The highest BCUT2D eigenvalue weighted by atomic mass is 35.5. The number of nitrogens with zero attached hydrogens (tertiary/aromatic N) is 5. The number of thiazole rings is 1. The highest BCUT2D eigenvalue weighted by Crippen LogP contribution is 2.37. The SMILES string of the molecule is C[C@H](N)C(=O)OC(=O)[C@H](Cc1c[nH]cn1)NCCOc1ccc(-c2c(C#N)c(N)nc(SCc3csc(-c4ccc(Cl)cc4)n3)c2C#N)cc1.Cl.Cl. The van der Waals surface area contributed by atoms with Crippen molar-refractivity contribution in [2.24, 2.45) is 5.73 Å². The van der Waals surface area contributed by atoms with Gasteiger partial charge in [0.2, 0.25) is 0 Å². The van der Waals surface area contributed by atoms with Crippen LogP contribution < -0.4 is 21.5 Å². The Hall–Kier alpha value is -4.71. The first kappa shape index (κ1) is 41.7. The van der Waals surface area contributed by atoms with Crippen molar-refractivity contribution >= 4 is 77.3 Å². The maximum atomic E-state index is 12.6. The van der Waals surface area contributed by atoms with Gasteiger partial charge >= 0.3 is 11.9 Å². The molecule has 0 saturated carbocycles. The number of esters is 2. The molecule has 52 heavy (non-hydrogen) atoms. The van der Waals surface area contributed by atoms with Crippen molar-refractivity contribution in [2.45, 2.75) is 36.2 Å². The first-order chi connectivity index (χ1) is 24.2. The van der Waals surface area contributed by atoms with Gasteiger partial charge in [0.05, 0.1) is 23.3 Å². The standard InChI is InChI=1S/C34H30ClN9O4S2.2ClH/c1-19(38)33(45)48-34(46)28(12-23-15-40-18-42-23)41-10-11-47-25-8-4-20(5-9-25)29-26(13-36)30(39)44-32(27(29)14-37)50-17-24-16-49-31(43-24)21-2-6-22(35)7-3-21;;/h2-9,15-16,18-19,28,41H,10-12,17,38H2,1H3,(H2,39,44)(H,40,42);2*1H/t19-,28-;;/m0../s1. The number of hydrogen-bond donors (Lipinski definition) is 4. The number of thioether (sulfide) groups is 1. The number of nitrogens with one attached hydrogen (secondary N) is 2. The Labute approximate surface area is 324 Å². The van der Waals surface area contributed by atoms with Gasteiger partial charge in [-0.2, -0.15) is 10.5 Å². The molecule has 0 aliphatic rings. The van der Waals surface area contributed by atoms with E-state index in [0.29, 0.717) is 38.4 Å². The highest BCUT2D eigenvalue weighted by molar-refractivity contribution is 7.98. The summed E-state index contributed by atoms with van der Waals surface area (Å²) in [6, 6.07) is 16.8. The van der Waals surface area contributed by atoms with Gasteiger partial charge in [-0.15, -0.1) is 36.2 Å². The molecule has 0 fully saturated rings. The highest BCUT2D eigenvalue weighted by Gasteiger charge is 2.25. The smallest absolute Gasteiger partial charge is 0.331 e. The molecule has 0 aliphatic carbocycles. The number of rotatable bonds is 14. The molecular weight excluding hydrogens is 769 g/mol. The van der Waals surface area contributed by atoms with Crippen molar-refractivity contribution in [1.82, 2.24) is 25.3 Å². The van der Waals surface area contributed by atoms with Crippen LogP contribution in [0.3, 0.4) is 0 Å². The summed E-state index contributed by atoms with van der Waals surface area (Å²) in [4.78, 5) is 40.6. The number of imidazole rings is 1. The minimum atomic E-state index is -0.947. The number of carbonyl (C=O) groups is 2. The Bertz CT molecular complexity index is 2050. The van der Waals surface area contributed by atoms with E-state index in [4.69, 9.17) is 37.5 Å². The minimum Gasteiger partial charge on any atom is -0.492 e. The van der Waals surface area contributed by atoms with Crippen molar-refractivity contribution in [1.29, 1.82) is 10.5 Å². The number of halogens is 3. The number of hydrogen-bond acceptors (Lipinski definition) is 14. The van der Waals surface area contributed by atoms with E-state index in [1.54, 1.807) is 30.5 Å². The number of benzene rings is 2. The molecule has 0 amide bonds. The number of nitrogen functional groups attached to an aromatic ring is 1. The fourth-order valence-corrected chi connectivity index (χ4v) is 6.61. The lowest BCUT2D eigenvalue weighted by atomic mass is 9.97. The minimum absolute atomic E-state index is 0. The number of nitriles is 2. The van der Waals surface area contributed by atoms with Gasteiger partial charge in [-0.1, -0.05) is 47.6 Å². The van der Waals surface area contributed by atoms with E-state index in [0.717, 1.165) is 16.3 Å². The van der Waals surface area contributed by atoms with Crippen molar-refractivity contribution < 1.29 is 19.1 Å². The van der Waals surface area contributed by atoms with E-state index < -0.39 is 24.0 Å². The molecule has 3 aromatic heterocycles. The Morgan fingerprint density at radius 2 is 1.71 bits per heavy atom. The number of H-pyrrole nitrogens is 1. The van der Waals surface area contributed by atoms with Gasteiger partial charge in [0.15, 0.2) is 0 Å². The van der Waals surface area contributed by atoms with E-state index in [9.17, 15) is 20.1 Å². The lowest BCUT2D eigenvalue weighted by Crippen LogP contribution is -2.44. The summed E-state index contributed by atoms with van der Waals surface area (Å²) in [6.07, 6.45) is 3.30. The fourth-order valence-electron chi connectivity index (χ4n) is 4.67. The zero-order valence-corrected chi connectivity index (χ0v) is 31.4.